The molecule has 0 saturated heterocycles. The van der Waals surface area contributed by atoms with Gasteiger partial charge in [-0.1, -0.05) is 88.2 Å². The van der Waals surface area contributed by atoms with Gasteiger partial charge in [0, 0.05) is 11.4 Å². The third-order valence-electron chi connectivity index (χ3n) is 11.5. The monoisotopic (exact) mass is 558 g/mol. The highest BCUT2D eigenvalue weighted by Crippen LogP contribution is 2.65. The molecular formula is C34H48Cl2O2. The van der Waals surface area contributed by atoms with E-state index in [1.54, 1.807) is 23.8 Å². The van der Waals surface area contributed by atoms with Gasteiger partial charge in [-0.05, 0) is 110 Å². The number of fused-ring (bicyclic) bond motifs is 5. The van der Waals surface area contributed by atoms with Gasteiger partial charge in [0.15, 0.2) is 0 Å². The molecule has 4 heteroatoms. The minimum absolute atomic E-state index is 0.0659. The molecule has 38 heavy (non-hydrogen) atoms. The van der Waals surface area contributed by atoms with Crippen molar-refractivity contribution in [1.82, 2.24) is 0 Å². The predicted octanol–water partition coefficient (Wildman–Crippen LogP) is 10.7. The third-order valence-corrected chi connectivity index (χ3v) is 12.1. The van der Waals surface area contributed by atoms with Gasteiger partial charge in [-0.2, -0.15) is 0 Å². The zero-order chi connectivity index (χ0) is 27.1. The second-order valence-electron chi connectivity index (χ2n) is 14.0. The first-order valence-corrected chi connectivity index (χ1v) is 16.2. The van der Waals surface area contributed by atoms with Crippen LogP contribution >= 0.6 is 23.2 Å². The summed E-state index contributed by atoms with van der Waals surface area (Å²) in [5.41, 5.74) is 2.75. The van der Waals surface area contributed by atoms with Gasteiger partial charge >= 0.3 is 5.97 Å². The Balaban J connectivity index is 1.25. The Labute approximate surface area is 241 Å². The van der Waals surface area contributed by atoms with Crippen molar-refractivity contribution in [3.8, 4) is 0 Å². The lowest BCUT2D eigenvalue weighted by Crippen LogP contribution is -2.54. The van der Waals surface area contributed by atoms with Crippen LogP contribution in [0.3, 0.4) is 0 Å². The molecule has 0 bridgehead atoms. The number of esters is 1. The molecule has 5 rings (SSSR count). The Hall–Kier alpha value is -0.990. The zero-order valence-corrected chi connectivity index (χ0v) is 25.6. The molecule has 4 aliphatic carbocycles. The number of carbonyl (C=O) groups is 1. The maximum Gasteiger partial charge on any atom is 0.339 e. The van der Waals surface area contributed by atoms with E-state index in [0.29, 0.717) is 21.0 Å². The molecule has 0 spiro atoms. The molecule has 4 aliphatic rings. The average Bonchev–Trinajstić information content (AvgIpc) is 2.86. The lowest BCUT2D eigenvalue weighted by molar-refractivity contribution is -0.0994. The molecule has 0 unspecified atom stereocenters. The van der Waals surface area contributed by atoms with Gasteiger partial charge < -0.3 is 4.74 Å². The SMILES string of the molecule is CC(C)CCCC[C@@H]1CCC[C@@H]2[C@@H]3CC=C4C[C@H](OC(=O)c5ccc(Cl)cc5Cl)CC[C@]4(C)[C@@H]3CC[C@@]12C. The van der Waals surface area contributed by atoms with Crippen LogP contribution in [-0.4, -0.2) is 12.1 Å². The summed E-state index contributed by atoms with van der Waals surface area (Å²) in [6.07, 6.45) is 19.4. The standard InChI is InChI=1S/C34H48Cl2O2/c1-22(2)8-5-6-9-23-10-7-11-29-27-14-12-24-20-26(38-32(37)28-15-13-25(35)21-31(28)36)16-18-34(24,4)30(27)17-19-33(23,29)3/h12-13,15,21-23,26-27,29-30H,5-11,14,16-20H2,1-4H3/t23-,26-,27+,29-,30-,33+,34+/m1/s1. The maximum atomic E-state index is 12.9. The molecule has 0 aliphatic heterocycles. The molecule has 0 radical (unpaired) electrons. The lowest BCUT2D eigenvalue weighted by Gasteiger charge is -2.62. The first-order chi connectivity index (χ1) is 18.1. The van der Waals surface area contributed by atoms with Crippen molar-refractivity contribution >= 4 is 29.2 Å². The summed E-state index contributed by atoms with van der Waals surface area (Å²) in [5, 5.41) is 0.889. The van der Waals surface area contributed by atoms with Crippen LogP contribution in [0, 0.1) is 40.4 Å². The summed E-state index contributed by atoms with van der Waals surface area (Å²) in [6, 6.07) is 4.98. The fraction of sp³-hybridized carbons (Fsp3) is 0.735. The molecule has 2 nitrogen and oxygen atoms in total. The van der Waals surface area contributed by atoms with E-state index in [4.69, 9.17) is 27.9 Å². The van der Waals surface area contributed by atoms with Gasteiger partial charge in [0.2, 0.25) is 0 Å². The van der Waals surface area contributed by atoms with E-state index in [9.17, 15) is 4.79 Å². The highest BCUT2D eigenvalue weighted by molar-refractivity contribution is 6.36. The molecule has 3 saturated carbocycles. The number of benzene rings is 1. The van der Waals surface area contributed by atoms with Crippen LogP contribution in [0.15, 0.2) is 29.8 Å². The number of ether oxygens (including phenoxy) is 1. The fourth-order valence-corrected chi connectivity index (χ4v) is 9.81. The Bertz CT molecular complexity index is 1050. The molecule has 1 aromatic rings. The van der Waals surface area contributed by atoms with Crippen LogP contribution in [0.5, 0.6) is 0 Å². The first kappa shape index (κ1) is 28.5. The van der Waals surface area contributed by atoms with Crippen LogP contribution < -0.4 is 0 Å². The van der Waals surface area contributed by atoms with E-state index in [0.717, 1.165) is 48.9 Å². The molecule has 7 atom stereocenters. The molecule has 0 amide bonds. The molecule has 3 fully saturated rings. The van der Waals surface area contributed by atoms with Crippen LogP contribution in [-0.2, 0) is 4.74 Å². The summed E-state index contributed by atoms with van der Waals surface area (Å²) < 4.78 is 6.00. The molecule has 0 N–H and O–H groups in total. The highest BCUT2D eigenvalue weighted by atomic mass is 35.5. The minimum atomic E-state index is -0.329. The predicted molar refractivity (Wildman–Crippen MR) is 159 cm³/mol. The van der Waals surface area contributed by atoms with E-state index in [2.05, 4.69) is 33.8 Å². The second-order valence-corrected chi connectivity index (χ2v) is 14.8. The van der Waals surface area contributed by atoms with Crippen LogP contribution in [0.25, 0.3) is 0 Å². The van der Waals surface area contributed by atoms with Gasteiger partial charge in [-0.15, -0.1) is 0 Å². The van der Waals surface area contributed by atoms with Crippen LogP contribution in [0.2, 0.25) is 10.0 Å². The van der Waals surface area contributed by atoms with E-state index >= 15 is 0 Å². The molecule has 210 valence electrons. The summed E-state index contributed by atoms with van der Waals surface area (Å²) >= 11 is 12.3. The Kier molecular flexibility index (Phi) is 8.62. The number of halogens is 2. The number of rotatable bonds is 7. The van der Waals surface area contributed by atoms with E-state index in [1.165, 1.54) is 64.2 Å². The van der Waals surface area contributed by atoms with Gasteiger partial charge in [-0.3, -0.25) is 0 Å². The summed E-state index contributed by atoms with van der Waals surface area (Å²) in [6.45, 7) is 9.94. The van der Waals surface area contributed by atoms with Crippen molar-refractivity contribution in [2.75, 3.05) is 0 Å². The molecule has 0 aromatic heterocycles. The van der Waals surface area contributed by atoms with Crippen molar-refractivity contribution in [2.24, 2.45) is 40.4 Å². The molecule has 1 aromatic carbocycles. The zero-order valence-electron chi connectivity index (χ0n) is 24.0. The first-order valence-electron chi connectivity index (χ1n) is 15.5. The van der Waals surface area contributed by atoms with Crippen molar-refractivity contribution < 1.29 is 9.53 Å². The van der Waals surface area contributed by atoms with E-state index in [1.807, 2.05) is 0 Å². The van der Waals surface area contributed by atoms with Gasteiger partial charge in [0.25, 0.3) is 0 Å². The largest absolute Gasteiger partial charge is 0.458 e. The Morgan fingerprint density at radius 2 is 1.87 bits per heavy atom. The summed E-state index contributed by atoms with van der Waals surface area (Å²) in [5.74, 6) is 3.91. The maximum absolute atomic E-state index is 12.9. The van der Waals surface area contributed by atoms with Crippen LogP contribution in [0.4, 0.5) is 0 Å². The Morgan fingerprint density at radius 3 is 2.63 bits per heavy atom. The van der Waals surface area contributed by atoms with Gasteiger partial charge in [-0.25, -0.2) is 4.79 Å². The summed E-state index contributed by atoms with van der Waals surface area (Å²) in [4.78, 5) is 12.9. The van der Waals surface area contributed by atoms with Crippen molar-refractivity contribution in [2.45, 2.75) is 117 Å². The number of hydrogen-bond donors (Lipinski definition) is 0. The number of allylic oxidation sites excluding steroid dienone is 1. The number of hydrogen-bond acceptors (Lipinski definition) is 2. The average molecular weight is 560 g/mol. The van der Waals surface area contributed by atoms with E-state index < -0.39 is 0 Å². The summed E-state index contributed by atoms with van der Waals surface area (Å²) in [7, 11) is 0. The Morgan fingerprint density at radius 1 is 1.05 bits per heavy atom. The second kappa shape index (κ2) is 11.5. The lowest BCUT2D eigenvalue weighted by atomic mass is 9.43. The van der Waals surface area contributed by atoms with Crippen LogP contribution in [0.1, 0.15) is 122 Å². The van der Waals surface area contributed by atoms with Crippen molar-refractivity contribution in [1.29, 1.82) is 0 Å². The van der Waals surface area contributed by atoms with E-state index in [-0.39, 0.29) is 17.5 Å². The number of unbranched alkanes of at least 4 members (excludes halogenated alkanes) is 1. The minimum Gasteiger partial charge on any atom is -0.458 e. The third kappa shape index (κ3) is 5.47. The molecular weight excluding hydrogens is 511 g/mol. The smallest absolute Gasteiger partial charge is 0.339 e. The fourth-order valence-electron chi connectivity index (χ4n) is 9.33. The normalized spacial score (nSPS) is 36.6. The number of carbonyl (C=O) groups excluding carboxylic acids is 1. The quantitative estimate of drug-likeness (QED) is 0.189. The van der Waals surface area contributed by atoms with Crippen molar-refractivity contribution in [3.63, 3.8) is 0 Å². The topological polar surface area (TPSA) is 26.3 Å². The van der Waals surface area contributed by atoms with Gasteiger partial charge in [0.05, 0.1) is 10.6 Å². The molecule has 0 heterocycles. The van der Waals surface area contributed by atoms with Gasteiger partial charge in [0.1, 0.15) is 6.10 Å². The van der Waals surface area contributed by atoms with Crippen molar-refractivity contribution in [3.05, 3.63) is 45.5 Å². The highest BCUT2D eigenvalue weighted by Gasteiger charge is 2.57.